The van der Waals surface area contributed by atoms with E-state index in [1.807, 2.05) is 31.2 Å². The SMILES string of the molecule is Cc1cccc(C(C)[O-])c1. The molecule has 1 nitrogen and oxygen atoms in total. The number of rotatable bonds is 1. The third-order valence-corrected chi connectivity index (χ3v) is 1.51. The van der Waals surface area contributed by atoms with Gasteiger partial charge in [-0.05, 0) is 6.92 Å². The van der Waals surface area contributed by atoms with E-state index in [0.717, 1.165) is 11.1 Å². The summed E-state index contributed by atoms with van der Waals surface area (Å²) >= 11 is 0. The normalized spacial score (nSPS) is 13.1. The summed E-state index contributed by atoms with van der Waals surface area (Å²) in [6.07, 6.45) is -0.597. The van der Waals surface area contributed by atoms with Crippen molar-refractivity contribution in [3.8, 4) is 0 Å². The van der Waals surface area contributed by atoms with E-state index < -0.39 is 6.10 Å². The molecule has 0 bridgehead atoms. The lowest BCUT2D eigenvalue weighted by Crippen LogP contribution is -2.10. The van der Waals surface area contributed by atoms with E-state index in [-0.39, 0.29) is 0 Å². The molecule has 1 aromatic rings. The van der Waals surface area contributed by atoms with E-state index in [4.69, 9.17) is 0 Å². The largest absolute Gasteiger partial charge is 0.849 e. The van der Waals surface area contributed by atoms with Gasteiger partial charge in [0.15, 0.2) is 0 Å². The van der Waals surface area contributed by atoms with Crippen LogP contribution in [-0.2, 0) is 0 Å². The predicted octanol–water partition coefficient (Wildman–Crippen LogP) is 1.42. The summed E-state index contributed by atoms with van der Waals surface area (Å²) in [4.78, 5) is 0. The second-order valence-corrected chi connectivity index (χ2v) is 2.56. The van der Waals surface area contributed by atoms with E-state index in [9.17, 15) is 5.11 Å². The predicted molar refractivity (Wildman–Crippen MR) is 39.6 cm³/mol. The fourth-order valence-electron chi connectivity index (χ4n) is 0.923. The summed E-state index contributed by atoms with van der Waals surface area (Å²) in [6, 6.07) is 7.70. The maximum absolute atomic E-state index is 10.9. The quantitative estimate of drug-likeness (QED) is 0.571. The molecule has 0 saturated carbocycles. The minimum Gasteiger partial charge on any atom is -0.849 e. The van der Waals surface area contributed by atoms with Gasteiger partial charge >= 0.3 is 0 Å². The highest BCUT2D eigenvalue weighted by Crippen LogP contribution is 2.09. The third-order valence-electron chi connectivity index (χ3n) is 1.51. The van der Waals surface area contributed by atoms with Crippen molar-refractivity contribution >= 4 is 0 Å². The van der Waals surface area contributed by atoms with Crippen LogP contribution in [0, 0.1) is 6.92 Å². The van der Waals surface area contributed by atoms with Gasteiger partial charge in [-0.15, -0.1) is 6.10 Å². The minimum absolute atomic E-state index is 0.597. The zero-order valence-corrected chi connectivity index (χ0v) is 6.29. The van der Waals surface area contributed by atoms with Crippen LogP contribution in [0.1, 0.15) is 24.2 Å². The van der Waals surface area contributed by atoms with Crippen LogP contribution in [0.4, 0.5) is 0 Å². The van der Waals surface area contributed by atoms with Crippen molar-refractivity contribution in [2.24, 2.45) is 0 Å². The van der Waals surface area contributed by atoms with Gasteiger partial charge in [-0.1, -0.05) is 42.3 Å². The Morgan fingerprint density at radius 2 is 2.10 bits per heavy atom. The number of hydrogen-bond acceptors (Lipinski definition) is 1. The van der Waals surface area contributed by atoms with E-state index >= 15 is 0 Å². The smallest absolute Gasteiger partial charge is 0.0398 e. The molecule has 0 heterocycles. The first-order valence-electron chi connectivity index (χ1n) is 3.42. The number of benzene rings is 1. The Hall–Kier alpha value is -0.820. The van der Waals surface area contributed by atoms with Crippen LogP contribution in [0.15, 0.2) is 24.3 Å². The van der Waals surface area contributed by atoms with Gasteiger partial charge in [0.1, 0.15) is 0 Å². The Bertz CT molecular complexity index is 216. The first-order chi connectivity index (χ1) is 4.70. The van der Waals surface area contributed by atoms with E-state index in [1.54, 1.807) is 6.92 Å². The maximum atomic E-state index is 10.9. The maximum Gasteiger partial charge on any atom is -0.0398 e. The van der Waals surface area contributed by atoms with Gasteiger partial charge in [0.05, 0.1) is 0 Å². The van der Waals surface area contributed by atoms with Crippen molar-refractivity contribution in [2.45, 2.75) is 20.0 Å². The van der Waals surface area contributed by atoms with Gasteiger partial charge in [0.25, 0.3) is 0 Å². The fraction of sp³-hybridized carbons (Fsp3) is 0.333. The van der Waals surface area contributed by atoms with E-state index in [1.165, 1.54) is 0 Å². The average molecular weight is 135 g/mol. The van der Waals surface area contributed by atoms with Crippen LogP contribution in [0.25, 0.3) is 0 Å². The van der Waals surface area contributed by atoms with Crippen LogP contribution in [-0.4, -0.2) is 0 Å². The minimum atomic E-state index is -0.597. The topological polar surface area (TPSA) is 23.1 Å². The average Bonchev–Trinajstić information content (AvgIpc) is 1.88. The zero-order valence-electron chi connectivity index (χ0n) is 6.29. The molecule has 0 aliphatic rings. The van der Waals surface area contributed by atoms with Gasteiger partial charge < -0.3 is 5.11 Å². The molecular weight excluding hydrogens is 124 g/mol. The van der Waals surface area contributed by atoms with Gasteiger partial charge in [-0.25, -0.2) is 0 Å². The second kappa shape index (κ2) is 2.84. The molecule has 1 aromatic carbocycles. The zero-order chi connectivity index (χ0) is 7.56. The Morgan fingerprint density at radius 3 is 2.50 bits per heavy atom. The molecule has 10 heavy (non-hydrogen) atoms. The van der Waals surface area contributed by atoms with Crippen LogP contribution >= 0.6 is 0 Å². The summed E-state index contributed by atoms with van der Waals surface area (Å²) < 4.78 is 0. The molecule has 0 aliphatic carbocycles. The summed E-state index contributed by atoms with van der Waals surface area (Å²) in [5, 5.41) is 10.9. The monoisotopic (exact) mass is 135 g/mol. The molecule has 1 heteroatoms. The molecule has 0 N–H and O–H groups in total. The molecule has 0 fully saturated rings. The molecule has 0 aromatic heterocycles. The summed E-state index contributed by atoms with van der Waals surface area (Å²) in [5.74, 6) is 0. The van der Waals surface area contributed by atoms with Crippen LogP contribution in [0.2, 0.25) is 0 Å². The lowest BCUT2D eigenvalue weighted by Gasteiger charge is -2.16. The van der Waals surface area contributed by atoms with Crippen molar-refractivity contribution in [3.05, 3.63) is 35.4 Å². The second-order valence-electron chi connectivity index (χ2n) is 2.56. The lowest BCUT2D eigenvalue weighted by atomic mass is 10.1. The Labute approximate surface area is 61.3 Å². The van der Waals surface area contributed by atoms with Gasteiger partial charge in [0.2, 0.25) is 0 Å². The van der Waals surface area contributed by atoms with Crippen LogP contribution in [0.3, 0.4) is 0 Å². The molecule has 1 unspecified atom stereocenters. The first kappa shape index (κ1) is 7.29. The van der Waals surface area contributed by atoms with Gasteiger partial charge in [0, 0.05) is 0 Å². The molecular formula is C9H11O-. The Morgan fingerprint density at radius 1 is 1.40 bits per heavy atom. The molecule has 1 atom stereocenters. The molecule has 1 rings (SSSR count). The summed E-state index contributed by atoms with van der Waals surface area (Å²) in [5.41, 5.74) is 2.03. The van der Waals surface area contributed by atoms with Crippen LogP contribution < -0.4 is 5.11 Å². The van der Waals surface area contributed by atoms with Crippen molar-refractivity contribution < 1.29 is 5.11 Å². The lowest BCUT2D eigenvalue weighted by molar-refractivity contribution is -0.420. The molecule has 0 amide bonds. The van der Waals surface area contributed by atoms with Crippen molar-refractivity contribution in [3.63, 3.8) is 0 Å². The van der Waals surface area contributed by atoms with Gasteiger partial charge in [-0.2, -0.15) is 0 Å². The number of hydrogen-bond donors (Lipinski definition) is 0. The molecule has 0 saturated heterocycles. The van der Waals surface area contributed by atoms with E-state index in [0.29, 0.717) is 0 Å². The molecule has 0 spiro atoms. The first-order valence-corrected chi connectivity index (χ1v) is 3.42. The van der Waals surface area contributed by atoms with E-state index in [2.05, 4.69) is 0 Å². The third kappa shape index (κ3) is 1.58. The van der Waals surface area contributed by atoms with Crippen LogP contribution in [0.5, 0.6) is 0 Å². The highest BCUT2D eigenvalue weighted by Gasteiger charge is 1.90. The number of aryl methyl sites for hydroxylation is 1. The van der Waals surface area contributed by atoms with Crippen molar-refractivity contribution in [1.29, 1.82) is 0 Å². The molecule has 0 radical (unpaired) electrons. The fourth-order valence-corrected chi connectivity index (χ4v) is 0.923. The standard InChI is InChI=1S/C9H11O/c1-7-4-3-5-9(6-7)8(2)10/h3-6,8H,1-2H3/q-1. The van der Waals surface area contributed by atoms with Crippen molar-refractivity contribution in [2.75, 3.05) is 0 Å². The van der Waals surface area contributed by atoms with Crippen molar-refractivity contribution in [1.82, 2.24) is 0 Å². The Kier molecular flexibility index (Phi) is 2.07. The van der Waals surface area contributed by atoms with Gasteiger partial charge in [-0.3, -0.25) is 0 Å². The highest BCUT2D eigenvalue weighted by atomic mass is 16.3. The summed E-state index contributed by atoms with van der Waals surface area (Å²) in [7, 11) is 0. The molecule has 0 aliphatic heterocycles. The highest BCUT2D eigenvalue weighted by molar-refractivity contribution is 5.23. The molecule has 54 valence electrons. The summed E-state index contributed by atoms with van der Waals surface area (Å²) in [6.45, 7) is 3.65. The Balaban J connectivity index is 2.96.